The summed E-state index contributed by atoms with van der Waals surface area (Å²) in [4.78, 5) is 26.7. The van der Waals surface area contributed by atoms with E-state index in [2.05, 4.69) is 38.3 Å². The first kappa shape index (κ1) is 20.2. The molecule has 2 saturated heterocycles. The number of carbonyl (C=O) groups excluding carboxylic acids is 2. The van der Waals surface area contributed by atoms with Gasteiger partial charge >= 0.3 is 0 Å². The molecule has 0 bridgehead atoms. The lowest BCUT2D eigenvalue weighted by Gasteiger charge is -2.46. The fourth-order valence-electron chi connectivity index (χ4n) is 4.92. The van der Waals surface area contributed by atoms with E-state index in [1.165, 1.54) is 0 Å². The van der Waals surface area contributed by atoms with Crippen molar-refractivity contribution in [1.82, 2.24) is 10.6 Å². The first-order valence-corrected chi connectivity index (χ1v) is 10.1. The van der Waals surface area contributed by atoms with Crippen LogP contribution in [0.5, 0.6) is 0 Å². The molecule has 0 saturated carbocycles. The van der Waals surface area contributed by atoms with Gasteiger partial charge in [0, 0.05) is 41.2 Å². The van der Waals surface area contributed by atoms with Crippen LogP contribution in [0.15, 0.2) is 24.3 Å². The Morgan fingerprint density at radius 2 is 1.93 bits per heavy atom. The summed E-state index contributed by atoms with van der Waals surface area (Å²) in [7, 11) is 0. The molecule has 1 unspecified atom stereocenters. The van der Waals surface area contributed by atoms with Gasteiger partial charge in [-0.3, -0.25) is 9.59 Å². The minimum atomic E-state index is -0.147. The smallest absolute Gasteiger partial charge is 0.229 e. The van der Waals surface area contributed by atoms with Crippen molar-refractivity contribution in [3.63, 3.8) is 0 Å². The van der Waals surface area contributed by atoms with Crippen LogP contribution in [0.4, 0.5) is 5.69 Å². The Bertz CT molecular complexity index is 716. The minimum absolute atomic E-state index is 0.0201. The lowest BCUT2D eigenvalue weighted by molar-refractivity contribution is -0.123. The van der Waals surface area contributed by atoms with E-state index in [1.54, 1.807) is 17.0 Å². The van der Waals surface area contributed by atoms with E-state index >= 15 is 0 Å². The monoisotopic (exact) mass is 391 g/mol. The molecule has 27 heavy (non-hydrogen) atoms. The zero-order valence-electron chi connectivity index (χ0n) is 16.6. The molecule has 0 aromatic heterocycles. The summed E-state index contributed by atoms with van der Waals surface area (Å²) >= 11 is 6.03. The maximum absolute atomic E-state index is 12.6. The van der Waals surface area contributed by atoms with Crippen LogP contribution in [0.3, 0.4) is 0 Å². The number of rotatable bonds is 4. The maximum atomic E-state index is 12.6. The highest BCUT2D eigenvalue weighted by Gasteiger charge is 2.39. The fourth-order valence-corrected chi connectivity index (χ4v) is 5.11. The van der Waals surface area contributed by atoms with Gasteiger partial charge in [-0.05, 0) is 64.7 Å². The van der Waals surface area contributed by atoms with E-state index in [9.17, 15) is 9.59 Å². The van der Waals surface area contributed by atoms with Gasteiger partial charge in [0.15, 0.2) is 0 Å². The third kappa shape index (κ3) is 5.23. The molecule has 1 atom stereocenters. The lowest BCUT2D eigenvalue weighted by atomic mass is 9.74. The molecule has 2 aliphatic heterocycles. The standard InChI is InChI=1S/C21H30ClN3O2/c1-20(2)11-14(12-21(3,4)24-20)8-18(26)23-16-10-19(27)25(13-16)17-7-5-6-15(22)9-17/h5-7,9,14,16,24H,8,10-13H2,1-4H3,(H,23,26). The summed E-state index contributed by atoms with van der Waals surface area (Å²) < 4.78 is 0. The molecule has 0 aliphatic carbocycles. The van der Waals surface area contributed by atoms with Crippen LogP contribution < -0.4 is 15.5 Å². The number of nitrogens with one attached hydrogen (secondary N) is 2. The van der Waals surface area contributed by atoms with Crippen LogP contribution in [-0.2, 0) is 9.59 Å². The second-order valence-electron chi connectivity index (χ2n) is 9.32. The van der Waals surface area contributed by atoms with Gasteiger partial charge < -0.3 is 15.5 Å². The largest absolute Gasteiger partial charge is 0.351 e. The van der Waals surface area contributed by atoms with Gasteiger partial charge in [0.05, 0.1) is 6.04 Å². The van der Waals surface area contributed by atoms with E-state index in [0.717, 1.165) is 18.5 Å². The van der Waals surface area contributed by atoms with E-state index in [1.807, 2.05) is 12.1 Å². The fraction of sp³-hybridized carbons (Fsp3) is 0.619. The number of nitrogens with zero attached hydrogens (tertiary/aromatic N) is 1. The van der Waals surface area contributed by atoms with Crippen molar-refractivity contribution >= 4 is 29.1 Å². The molecule has 5 nitrogen and oxygen atoms in total. The van der Waals surface area contributed by atoms with Gasteiger partial charge in [0.2, 0.25) is 11.8 Å². The number of amides is 2. The second kappa shape index (κ2) is 7.44. The Morgan fingerprint density at radius 1 is 1.26 bits per heavy atom. The van der Waals surface area contributed by atoms with Crippen molar-refractivity contribution in [2.24, 2.45) is 5.92 Å². The molecule has 2 amide bonds. The topological polar surface area (TPSA) is 61.4 Å². The highest BCUT2D eigenvalue weighted by Crippen LogP contribution is 2.34. The average molecular weight is 392 g/mol. The summed E-state index contributed by atoms with van der Waals surface area (Å²) in [6, 6.07) is 7.12. The third-order valence-electron chi connectivity index (χ3n) is 5.36. The van der Waals surface area contributed by atoms with Crippen LogP contribution in [0.1, 0.15) is 53.4 Å². The number of anilines is 1. The SMILES string of the molecule is CC1(C)CC(CC(=O)NC2CC(=O)N(c3cccc(Cl)c3)C2)CC(C)(C)N1. The zero-order chi connectivity index (χ0) is 19.8. The highest BCUT2D eigenvalue weighted by molar-refractivity contribution is 6.30. The number of carbonyl (C=O) groups is 2. The molecule has 1 aromatic carbocycles. The third-order valence-corrected chi connectivity index (χ3v) is 5.59. The molecule has 2 heterocycles. The number of hydrogen-bond donors (Lipinski definition) is 2. The molecular formula is C21H30ClN3O2. The normalized spacial score (nSPS) is 24.9. The lowest BCUT2D eigenvalue weighted by Crippen LogP contribution is -2.58. The summed E-state index contributed by atoms with van der Waals surface area (Å²) in [5.41, 5.74) is 0.838. The Morgan fingerprint density at radius 3 is 2.56 bits per heavy atom. The molecule has 3 rings (SSSR count). The molecule has 148 valence electrons. The highest BCUT2D eigenvalue weighted by atomic mass is 35.5. The molecule has 0 spiro atoms. The van der Waals surface area contributed by atoms with E-state index < -0.39 is 0 Å². The van der Waals surface area contributed by atoms with Crippen LogP contribution in [0.2, 0.25) is 5.02 Å². The Balaban J connectivity index is 1.56. The minimum Gasteiger partial charge on any atom is -0.351 e. The number of benzene rings is 1. The average Bonchev–Trinajstić information content (AvgIpc) is 2.84. The molecule has 0 radical (unpaired) electrons. The van der Waals surface area contributed by atoms with Crippen molar-refractivity contribution in [3.05, 3.63) is 29.3 Å². The molecule has 2 fully saturated rings. The number of piperidine rings is 1. The Labute approximate surface area is 166 Å². The van der Waals surface area contributed by atoms with E-state index in [4.69, 9.17) is 11.6 Å². The van der Waals surface area contributed by atoms with Crippen LogP contribution in [0, 0.1) is 5.92 Å². The number of hydrogen-bond acceptors (Lipinski definition) is 3. The summed E-state index contributed by atoms with van der Waals surface area (Å²) in [5, 5.41) is 7.32. The molecular weight excluding hydrogens is 362 g/mol. The van der Waals surface area contributed by atoms with Crippen molar-refractivity contribution < 1.29 is 9.59 Å². The van der Waals surface area contributed by atoms with E-state index in [-0.39, 0.29) is 28.9 Å². The van der Waals surface area contributed by atoms with Gasteiger partial charge in [0.25, 0.3) is 0 Å². The Hall–Kier alpha value is -1.59. The molecule has 2 aliphatic rings. The van der Waals surface area contributed by atoms with Crippen molar-refractivity contribution in [3.8, 4) is 0 Å². The summed E-state index contributed by atoms with van der Waals surface area (Å²) in [5.74, 6) is 0.406. The van der Waals surface area contributed by atoms with Crippen molar-refractivity contribution in [2.75, 3.05) is 11.4 Å². The van der Waals surface area contributed by atoms with Crippen molar-refractivity contribution in [2.45, 2.75) is 70.5 Å². The van der Waals surface area contributed by atoms with Crippen molar-refractivity contribution in [1.29, 1.82) is 0 Å². The van der Waals surface area contributed by atoms with E-state index in [0.29, 0.717) is 30.3 Å². The van der Waals surface area contributed by atoms with Gasteiger partial charge in [-0.1, -0.05) is 17.7 Å². The second-order valence-corrected chi connectivity index (χ2v) is 9.76. The number of halogens is 1. The predicted octanol–water partition coefficient (Wildman–Crippen LogP) is 3.51. The summed E-state index contributed by atoms with van der Waals surface area (Å²) in [6.45, 7) is 9.26. The van der Waals surface area contributed by atoms with Gasteiger partial charge in [-0.2, -0.15) is 0 Å². The Kier molecular flexibility index (Phi) is 5.55. The van der Waals surface area contributed by atoms with Gasteiger partial charge in [-0.25, -0.2) is 0 Å². The van der Waals surface area contributed by atoms with Crippen LogP contribution in [-0.4, -0.2) is 35.5 Å². The first-order chi connectivity index (χ1) is 12.5. The van der Waals surface area contributed by atoms with Crippen LogP contribution >= 0.6 is 11.6 Å². The molecule has 2 N–H and O–H groups in total. The van der Waals surface area contributed by atoms with Gasteiger partial charge in [0.1, 0.15) is 0 Å². The maximum Gasteiger partial charge on any atom is 0.229 e. The summed E-state index contributed by atoms with van der Waals surface area (Å²) in [6.07, 6.45) is 2.79. The first-order valence-electron chi connectivity index (χ1n) is 9.68. The molecule has 1 aromatic rings. The molecule has 6 heteroatoms. The van der Waals surface area contributed by atoms with Crippen LogP contribution in [0.25, 0.3) is 0 Å². The predicted molar refractivity (Wildman–Crippen MR) is 109 cm³/mol. The quantitative estimate of drug-likeness (QED) is 0.825. The van der Waals surface area contributed by atoms with Gasteiger partial charge in [-0.15, -0.1) is 0 Å². The zero-order valence-corrected chi connectivity index (χ0v) is 17.4.